The molecule has 0 fully saturated rings. The Morgan fingerprint density at radius 2 is 1.97 bits per heavy atom. The number of thioether (sulfide) groups is 1. The van der Waals surface area contributed by atoms with Gasteiger partial charge in [0, 0.05) is 25.2 Å². The van der Waals surface area contributed by atoms with E-state index >= 15 is 0 Å². The van der Waals surface area contributed by atoms with Crippen molar-refractivity contribution in [1.82, 2.24) is 10.1 Å². The molecule has 3 rings (SSSR count). The predicted molar refractivity (Wildman–Crippen MR) is 120 cm³/mol. The Morgan fingerprint density at radius 1 is 1.20 bits per heavy atom. The van der Waals surface area contributed by atoms with E-state index in [2.05, 4.69) is 10.1 Å². The van der Waals surface area contributed by atoms with Gasteiger partial charge >= 0.3 is 0 Å². The van der Waals surface area contributed by atoms with Crippen molar-refractivity contribution in [3.8, 4) is 17.1 Å². The van der Waals surface area contributed by atoms with Gasteiger partial charge in [-0.05, 0) is 61.2 Å². The Labute approximate surface area is 180 Å². The van der Waals surface area contributed by atoms with Gasteiger partial charge in [0.1, 0.15) is 16.5 Å². The number of nitrogens with zero attached hydrogens (tertiary/aromatic N) is 3. The molecule has 2 aromatic carbocycles. The number of rotatable bonds is 8. The van der Waals surface area contributed by atoms with Crippen molar-refractivity contribution in [2.75, 3.05) is 20.0 Å². The van der Waals surface area contributed by atoms with Crippen LogP contribution >= 0.6 is 11.8 Å². The predicted octanol–water partition coefficient (Wildman–Crippen LogP) is 5.05. The van der Waals surface area contributed by atoms with Crippen LogP contribution in [-0.2, 0) is 11.3 Å². The van der Waals surface area contributed by atoms with Gasteiger partial charge in [-0.3, -0.25) is 5.41 Å². The summed E-state index contributed by atoms with van der Waals surface area (Å²) in [5, 5.41) is 12.7. The van der Waals surface area contributed by atoms with E-state index < -0.39 is 0 Å². The second-order valence-electron chi connectivity index (χ2n) is 6.41. The maximum atomic E-state index is 8.43. The number of hydrogen-bond acceptors (Lipinski definition) is 8. The van der Waals surface area contributed by atoms with Crippen molar-refractivity contribution >= 4 is 28.2 Å². The summed E-state index contributed by atoms with van der Waals surface area (Å²) in [4.78, 5) is 8.99. The van der Waals surface area contributed by atoms with Crippen LogP contribution in [0.2, 0.25) is 0 Å². The fourth-order valence-electron chi connectivity index (χ4n) is 2.87. The van der Waals surface area contributed by atoms with E-state index in [1.54, 1.807) is 14.0 Å². The van der Waals surface area contributed by atoms with Gasteiger partial charge in [0.25, 0.3) is 0 Å². The van der Waals surface area contributed by atoms with E-state index in [1.807, 2.05) is 55.6 Å². The van der Waals surface area contributed by atoms with Gasteiger partial charge in [-0.2, -0.15) is 4.98 Å². The molecule has 0 bridgehead atoms. The highest BCUT2D eigenvalue weighted by molar-refractivity contribution is 8.15. The second-order valence-corrected chi connectivity index (χ2v) is 7.23. The molecule has 0 radical (unpaired) electrons. The zero-order valence-corrected chi connectivity index (χ0v) is 18.2. The van der Waals surface area contributed by atoms with E-state index in [9.17, 15) is 0 Å². The molecule has 156 valence electrons. The first-order valence-electron chi connectivity index (χ1n) is 9.42. The van der Waals surface area contributed by atoms with Crippen LogP contribution in [-0.4, -0.2) is 40.9 Å². The average molecular weight is 425 g/mol. The van der Waals surface area contributed by atoms with Gasteiger partial charge in [-0.1, -0.05) is 5.16 Å². The van der Waals surface area contributed by atoms with Crippen LogP contribution in [0.15, 0.2) is 52.0 Å². The molecule has 0 amide bonds. The van der Waals surface area contributed by atoms with Gasteiger partial charge < -0.3 is 14.0 Å². The lowest BCUT2D eigenvalue weighted by molar-refractivity contribution is 0.184. The molecular weight excluding hydrogens is 400 g/mol. The third-order valence-electron chi connectivity index (χ3n) is 4.17. The molecule has 0 atom stereocenters. The van der Waals surface area contributed by atoms with E-state index in [0.717, 1.165) is 28.1 Å². The Kier molecular flexibility index (Phi) is 7.37. The van der Waals surface area contributed by atoms with Crippen molar-refractivity contribution < 1.29 is 14.0 Å². The minimum Gasteiger partial charge on any atom is -0.494 e. The summed E-state index contributed by atoms with van der Waals surface area (Å²) in [5.74, 6) is 1.78. The van der Waals surface area contributed by atoms with Crippen LogP contribution in [0.25, 0.3) is 11.4 Å². The Hall–Kier alpha value is -2.97. The first-order valence-corrected chi connectivity index (χ1v) is 10.6. The van der Waals surface area contributed by atoms with Crippen molar-refractivity contribution in [3.05, 3.63) is 59.5 Å². The monoisotopic (exact) mass is 424 g/mol. The number of aromatic nitrogens is 2. The van der Waals surface area contributed by atoms with Gasteiger partial charge in [0.05, 0.1) is 18.9 Å². The van der Waals surface area contributed by atoms with Crippen LogP contribution in [0.5, 0.6) is 5.75 Å². The standard InChI is InChI=1S/C22H24N4O3S/c1-5-28-19-11-15(13-27-3)10-17(12-19)20(21(23)30-4)25-18-8-6-16(7-9-18)22-24-14(2)29-26-22/h6-12,23H,5,13H2,1-4H3. The summed E-state index contributed by atoms with van der Waals surface area (Å²) in [6, 6.07) is 13.3. The topological polar surface area (TPSA) is 93.6 Å². The number of hydrogen-bond donors (Lipinski definition) is 1. The van der Waals surface area contributed by atoms with E-state index in [-0.39, 0.29) is 0 Å². The van der Waals surface area contributed by atoms with Crippen LogP contribution in [0, 0.1) is 12.3 Å². The summed E-state index contributed by atoms with van der Waals surface area (Å²) in [5.41, 5.74) is 3.91. The quantitative estimate of drug-likeness (QED) is 0.402. The maximum absolute atomic E-state index is 8.43. The Balaban J connectivity index is 2.00. The number of methoxy groups -OCH3 is 1. The first kappa shape index (κ1) is 21.7. The van der Waals surface area contributed by atoms with E-state index in [4.69, 9.17) is 24.4 Å². The average Bonchev–Trinajstić information content (AvgIpc) is 3.18. The normalized spacial score (nSPS) is 11.5. The van der Waals surface area contributed by atoms with Crippen LogP contribution in [0.3, 0.4) is 0 Å². The van der Waals surface area contributed by atoms with Crippen molar-refractivity contribution in [2.24, 2.45) is 4.99 Å². The van der Waals surface area contributed by atoms with Crippen LogP contribution < -0.4 is 4.74 Å². The van der Waals surface area contributed by atoms with E-state index in [0.29, 0.717) is 35.7 Å². The highest BCUT2D eigenvalue weighted by Crippen LogP contribution is 2.25. The molecule has 1 aromatic heterocycles. The highest BCUT2D eigenvalue weighted by atomic mass is 32.2. The minimum atomic E-state index is 0.366. The number of nitrogens with one attached hydrogen (secondary N) is 1. The van der Waals surface area contributed by atoms with Crippen molar-refractivity contribution in [2.45, 2.75) is 20.5 Å². The molecule has 1 N–H and O–H groups in total. The van der Waals surface area contributed by atoms with Crippen molar-refractivity contribution in [1.29, 1.82) is 5.41 Å². The number of ether oxygens (including phenoxy) is 2. The van der Waals surface area contributed by atoms with Gasteiger partial charge in [-0.15, -0.1) is 11.8 Å². The van der Waals surface area contributed by atoms with Crippen LogP contribution in [0.1, 0.15) is 23.9 Å². The molecule has 0 saturated carbocycles. The number of aliphatic imine (C=N–C) groups is 1. The third-order valence-corrected chi connectivity index (χ3v) is 4.78. The molecule has 0 spiro atoms. The van der Waals surface area contributed by atoms with Gasteiger partial charge in [0.15, 0.2) is 0 Å². The van der Waals surface area contributed by atoms with Gasteiger partial charge in [-0.25, -0.2) is 4.99 Å². The molecule has 0 unspecified atom stereocenters. The summed E-state index contributed by atoms with van der Waals surface area (Å²) in [6.45, 7) is 4.70. The Bertz CT molecular complexity index is 1020. The first-order chi connectivity index (χ1) is 14.5. The molecule has 0 saturated heterocycles. The summed E-state index contributed by atoms with van der Waals surface area (Å²) in [7, 11) is 1.65. The lowest BCUT2D eigenvalue weighted by atomic mass is 10.1. The largest absolute Gasteiger partial charge is 0.494 e. The lowest BCUT2D eigenvalue weighted by Gasteiger charge is -2.12. The zero-order chi connectivity index (χ0) is 21.5. The molecule has 8 heteroatoms. The molecule has 1 heterocycles. The minimum absolute atomic E-state index is 0.366. The molecule has 7 nitrogen and oxygen atoms in total. The Morgan fingerprint density at radius 3 is 2.57 bits per heavy atom. The fraction of sp³-hybridized carbons (Fsp3) is 0.273. The highest BCUT2D eigenvalue weighted by Gasteiger charge is 2.14. The molecule has 0 aliphatic rings. The SMILES string of the molecule is CCOc1cc(COC)cc(C(=Nc2ccc(-c3noc(C)n3)cc2)C(=N)SC)c1. The molecule has 30 heavy (non-hydrogen) atoms. The maximum Gasteiger partial charge on any atom is 0.223 e. The molecular formula is C22H24N4O3S. The van der Waals surface area contributed by atoms with Crippen molar-refractivity contribution in [3.63, 3.8) is 0 Å². The number of aryl methyl sites for hydroxylation is 1. The summed E-state index contributed by atoms with van der Waals surface area (Å²) in [6.07, 6.45) is 1.86. The smallest absolute Gasteiger partial charge is 0.223 e. The lowest BCUT2D eigenvalue weighted by Crippen LogP contribution is -2.12. The third kappa shape index (κ3) is 5.34. The van der Waals surface area contributed by atoms with Gasteiger partial charge in [0.2, 0.25) is 11.7 Å². The fourth-order valence-corrected chi connectivity index (χ4v) is 3.23. The van der Waals surface area contributed by atoms with Crippen LogP contribution in [0.4, 0.5) is 5.69 Å². The molecule has 0 aliphatic carbocycles. The second kappa shape index (κ2) is 10.2. The summed E-state index contributed by atoms with van der Waals surface area (Å²) < 4.78 is 16.0. The molecule has 3 aromatic rings. The molecule has 0 aliphatic heterocycles. The number of benzene rings is 2. The van der Waals surface area contributed by atoms with E-state index in [1.165, 1.54) is 11.8 Å². The zero-order valence-electron chi connectivity index (χ0n) is 17.4. The summed E-state index contributed by atoms with van der Waals surface area (Å²) >= 11 is 1.34.